The number of pyridine rings is 2. The molecular weight excluding hydrogens is 350 g/mol. The number of carbonyl (C=O) groups is 1. The van der Waals surface area contributed by atoms with E-state index in [0.29, 0.717) is 12.1 Å². The molecule has 0 bridgehead atoms. The minimum absolute atomic E-state index is 0.153. The van der Waals surface area contributed by atoms with E-state index in [-0.39, 0.29) is 5.91 Å². The van der Waals surface area contributed by atoms with Gasteiger partial charge >= 0.3 is 0 Å². The first-order valence-corrected chi connectivity index (χ1v) is 8.96. The number of amides is 1. The van der Waals surface area contributed by atoms with Crippen molar-refractivity contribution in [3.8, 4) is 16.9 Å². The van der Waals surface area contributed by atoms with Crippen LogP contribution in [0.2, 0.25) is 0 Å². The van der Waals surface area contributed by atoms with Crippen molar-refractivity contribution in [3.05, 3.63) is 96.2 Å². The number of hydrogen-bond acceptors (Lipinski definition) is 4. The predicted molar refractivity (Wildman–Crippen MR) is 107 cm³/mol. The lowest BCUT2D eigenvalue weighted by Crippen LogP contribution is -2.23. The maximum Gasteiger partial charge on any atom is 0.255 e. The number of rotatable bonds is 5. The molecule has 3 aromatic heterocycles. The van der Waals surface area contributed by atoms with Crippen molar-refractivity contribution in [3.63, 3.8) is 0 Å². The molecule has 3 heterocycles. The van der Waals surface area contributed by atoms with Crippen LogP contribution in [-0.4, -0.2) is 25.7 Å². The zero-order valence-electron chi connectivity index (χ0n) is 15.4. The summed E-state index contributed by atoms with van der Waals surface area (Å²) in [6.07, 6.45) is 6.84. The number of nitrogens with one attached hydrogen (secondary N) is 1. The van der Waals surface area contributed by atoms with Crippen LogP contribution in [0, 0.1) is 6.92 Å². The molecule has 4 rings (SSSR count). The summed E-state index contributed by atoms with van der Waals surface area (Å²) in [7, 11) is 0. The van der Waals surface area contributed by atoms with Crippen LogP contribution in [0.4, 0.5) is 0 Å². The summed E-state index contributed by atoms with van der Waals surface area (Å²) in [6.45, 7) is 2.30. The van der Waals surface area contributed by atoms with E-state index in [9.17, 15) is 4.79 Å². The van der Waals surface area contributed by atoms with Gasteiger partial charge in [0.05, 0.1) is 28.8 Å². The van der Waals surface area contributed by atoms with E-state index >= 15 is 0 Å². The zero-order chi connectivity index (χ0) is 19.3. The molecule has 138 valence electrons. The molecule has 0 fully saturated rings. The quantitative estimate of drug-likeness (QED) is 0.584. The van der Waals surface area contributed by atoms with Gasteiger partial charge in [-0.25, -0.2) is 4.68 Å². The van der Waals surface area contributed by atoms with Crippen LogP contribution in [0.1, 0.15) is 21.6 Å². The van der Waals surface area contributed by atoms with E-state index in [2.05, 4.69) is 20.4 Å². The van der Waals surface area contributed by atoms with E-state index in [1.807, 2.05) is 61.5 Å². The van der Waals surface area contributed by atoms with Crippen molar-refractivity contribution in [2.24, 2.45) is 0 Å². The van der Waals surface area contributed by atoms with Gasteiger partial charge in [-0.3, -0.25) is 14.8 Å². The second kappa shape index (κ2) is 7.84. The Morgan fingerprint density at radius 1 is 1.04 bits per heavy atom. The molecule has 0 aliphatic rings. The Morgan fingerprint density at radius 2 is 1.89 bits per heavy atom. The van der Waals surface area contributed by atoms with Crippen LogP contribution in [0.15, 0.2) is 79.4 Å². The highest BCUT2D eigenvalue weighted by Crippen LogP contribution is 2.17. The average molecular weight is 369 g/mol. The van der Waals surface area contributed by atoms with Crippen LogP contribution in [0.5, 0.6) is 0 Å². The summed E-state index contributed by atoms with van der Waals surface area (Å²) < 4.78 is 1.77. The molecular formula is C22H19N5O. The van der Waals surface area contributed by atoms with Gasteiger partial charge in [0.1, 0.15) is 0 Å². The first-order valence-electron chi connectivity index (χ1n) is 8.96. The van der Waals surface area contributed by atoms with Crippen molar-refractivity contribution in [2.45, 2.75) is 13.5 Å². The minimum atomic E-state index is -0.153. The number of carbonyl (C=O) groups excluding carboxylic acids is 1. The fourth-order valence-electron chi connectivity index (χ4n) is 3.00. The standard InChI is InChI=1S/C22H19N5O/c1-16-20(15-26-27(16)19-7-3-2-4-8-19)22(28)25-13-17-9-11-24-21(12-17)18-6-5-10-23-14-18/h2-12,14-15H,13H2,1H3,(H,25,28). The SMILES string of the molecule is Cc1c(C(=O)NCc2ccnc(-c3cccnc3)c2)cnn1-c1ccccc1. The second-order valence-electron chi connectivity index (χ2n) is 6.36. The molecule has 1 N–H and O–H groups in total. The van der Waals surface area contributed by atoms with Gasteiger partial charge < -0.3 is 5.32 Å². The average Bonchev–Trinajstić information content (AvgIpc) is 3.15. The third-order valence-electron chi connectivity index (χ3n) is 4.49. The highest BCUT2D eigenvalue weighted by atomic mass is 16.1. The van der Waals surface area contributed by atoms with Crippen LogP contribution in [0.25, 0.3) is 16.9 Å². The topological polar surface area (TPSA) is 72.7 Å². The Morgan fingerprint density at radius 3 is 2.68 bits per heavy atom. The normalized spacial score (nSPS) is 10.6. The van der Waals surface area contributed by atoms with E-state index in [0.717, 1.165) is 28.2 Å². The smallest absolute Gasteiger partial charge is 0.255 e. The lowest BCUT2D eigenvalue weighted by atomic mass is 10.1. The summed E-state index contributed by atoms with van der Waals surface area (Å²) in [4.78, 5) is 21.2. The lowest BCUT2D eigenvalue weighted by Gasteiger charge is -2.08. The van der Waals surface area contributed by atoms with E-state index in [4.69, 9.17) is 0 Å². The first kappa shape index (κ1) is 17.6. The molecule has 1 aromatic carbocycles. The molecule has 0 saturated carbocycles. The highest BCUT2D eigenvalue weighted by Gasteiger charge is 2.15. The van der Waals surface area contributed by atoms with Crippen molar-refractivity contribution in [2.75, 3.05) is 0 Å². The monoisotopic (exact) mass is 369 g/mol. The van der Waals surface area contributed by atoms with Crippen LogP contribution in [-0.2, 0) is 6.54 Å². The Hall–Kier alpha value is -3.80. The second-order valence-corrected chi connectivity index (χ2v) is 6.36. The van der Waals surface area contributed by atoms with Crippen molar-refractivity contribution in [1.82, 2.24) is 25.1 Å². The Bertz CT molecular complexity index is 1090. The number of para-hydroxylation sites is 1. The number of aromatic nitrogens is 4. The van der Waals surface area contributed by atoms with Crippen molar-refractivity contribution < 1.29 is 4.79 Å². The predicted octanol–water partition coefficient (Wildman–Crippen LogP) is 3.57. The number of hydrogen-bond donors (Lipinski definition) is 1. The van der Waals surface area contributed by atoms with Crippen LogP contribution in [0.3, 0.4) is 0 Å². The third-order valence-corrected chi connectivity index (χ3v) is 4.49. The fourth-order valence-corrected chi connectivity index (χ4v) is 3.00. The molecule has 0 atom stereocenters. The Balaban J connectivity index is 1.48. The van der Waals surface area contributed by atoms with Gasteiger partial charge in [-0.15, -0.1) is 0 Å². The van der Waals surface area contributed by atoms with Gasteiger partial charge in [-0.05, 0) is 48.9 Å². The Labute approximate surface area is 162 Å². The molecule has 4 aromatic rings. The number of benzene rings is 1. The van der Waals surface area contributed by atoms with Crippen molar-refractivity contribution in [1.29, 1.82) is 0 Å². The molecule has 0 spiro atoms. The Kier molecular flexibility index (Phi) is 4.93. The molecule has 6 heteroatoms. The lowest BCUT2D eigenvalue weighted by molar-refractivity contribution is 0.0950. The number of nitrogens with zero attached hydrogens (tertiary/aromatic N) is 4. The van der Waals surface area contributed by atoms with E-state index in [1.54, 1.807) is 29.5 Å². The third kappa shape index (κ3) is 3.66. The molecule has 0 saturated heterocycles. The fraction of sp³-hybridized carbons (Fsp3) is 0.0909. The summed E-state index contributed by atoms with van der Waals surface area (Å²) in [6, 6.07) is 17.4. The van der Waals surface area contributed by atoms with E-state index in [1.165, 1.54) is 0 Å². The molecule has 0 aliphatic carbocycles. The van der Waals surface area contributed by atoms with Crippen LogP contribution < -0.4 is 5.32 Å². The van der Waals surface area contributed by atoms with Gasteiger partial charge in [0.2, 0.25) is 0 Å². The molecule has 0 unspecified atom stereocenters. The summed E-state index contributed by atoms with van der Waals surface area (Å²) in [5.41, 5.74) is 5.02. The summed E-state index contributed by atoms with van der Waals surface area (Å²) in [5, 5.41) is 7.32. The van der Waals surface area contributed by atoms with Crippen LogP contribution >= 0.6 is 0 Å². The van der Waals surface area contributed by atoms with Crippen molar-refractivity contribution >= 4 is 5.91 Å². The van der Waals surface area contributed by atoms with Gasteiger partial charge in [0.25, 0.3) is 5.91 Å². The highest BCUT2D eigenvalue weighted by molar-refractivity contribution is 5.95. The maximum absolute atomic E-state index is 12.6. The summed E-state index contributed by atoms with van der Waals surface area (Å²) in [5.74, 6) is -0.153. The molecule has 28 heavy (non-hydrogen) atoms. The van der Waals surface area contributed by atoms with Gasteiger partial charge in [-0.2, -0.15) is 5.10 Å². The van der Waals surface area contributed by atoms with Gasteiger partial charge in [0.15, 0.2) is 0 Å². The van der Waals surface area contributed by atoms with Gasteiger partial charge in [-0.1, -0.05) is 18.2 Å². The molecule has 0 aliphatic heterocycles. The minimum Gasteiger partial charge on any atom is -0.348 e. The molecule has 1 amide bonds. The maximum atomic E-state index is 12.6. The molecule has 0 radical (unpaired) electrons. The van der Waals surface area contributed by atoms with E-state index < -0.39 is 0 Å². The largest absolute Gasteiger partial charge is 0.348 e. The zero-order valence-corrected chi connectivity index (χ0v) is 15.4. The van der Waals surface area contributed by atoms with Gasteiger partial charge in [0, 0.05) is 30.7 Å². The molecule has 6 nitrogen and oxygen atoms in total. The summed E-state index contributed by atoms with van der Waals surface area (Å²) >= 11 is 0. The first-order chi connectivity index (χ1) is 13.7.